The molecular formula is C13H15N3O4. The molecule has 1 aromatic rings. The van der Waals surface area contributed by atoms with Crippen molar-refractivity contribution in [1.82, 2.24) is 5.32 Å². The van der Waals surface area contributed by atoms with Gasteiger partial charge in [-0.15, -0.1) is 0 Å². The zero-order chi connectivity index (χ0) is 14.1. The second-order valence-corrected chi connectivity index (χ2v) is 4.95. The fourth-order valence-corrected chi connectivity index (χ4v) is 2.16. The Kier molecular flexibility index (Phi) is 3.27. The van der Waals surface area contributed by atoms with Gasteiger partial charge in [0.1, 0.15) is 0 Å². The highest BCUT2D eigenvalue weighted by Crippen LogP contribution is 2.36. The van der Waals surface area contributed by atoms with E-state index in [0.29, 0.717) is 18.8 Å². The predicted octanol–water partition coefficient (Wildman–Crippen LogP) is 1.07. The van der Waals surface area contributed by atoms with Crippen LogP contribution in [0.25, 0.3) is 0 Å². The highest BCUT2D eigenvalue weighted by atomic mass is 16.6. The van der Waals surface area contributed by atoms with Gasteiger partial charge in [0.05, 0.1) is 23.3 Å². The number of anilines is 1. The number of nitrogens with zero attached hydrogens (tertiary/aromatic N) is 2. The standard InChI is InChI=1S/C13H15N3O4/c17-13-8-14-5-6-15(13)9-1-4-12(20-10-2-3-10)11(7-9)16(18)19/h1,4,7,10,14H,2-3,5-6,8H2. The Morgan fingerprint density at radius 3 is 2.85 bits per heavy atom. The Hall–Kier alpha value is -2.15. The van der Waals surface area contributed by atoms with Gasteiger partial charge < -0.3 is 15.0 Å². The molecule has 7 heteroatoms. The van der Waals surface area contributed by atoms with Gasteiger partial charge in [0, 0.05) is 19.2 Å². The third-order valence-electron chi connectivity index (χ3n) is 3.36. The third kappa shape index (κ3) is 2.57. The van der Waals surface area contributed by atoms with Gasteiger partial charge in [-0.05, 0) is 25.0 Å². The van der Waals surface area contributed by atoms with Gasteiger partial charge in [-0.1, -0.05) is 0 Å². The average Bonchev–Trinajstić information content (AvgIpc) is 3.24. The second kappa shape index (κ2) is 5.09. The molecule has 1 heterocycles. The number of rotatable bonds is 4. The molecule has 0 radical (unpaired) electrons. The van der Waals surface area contributed by atoms with Crippen LogP contribution in [0.2, 0.25) is 0 Å². The summed E-state index contributed by atoms with van der Waals surface area (Å²) in [6.07, 6.45) is 1.98. The largest absolute Gasteiger partial charge is 0.483 e. The normalized spacial score (nSPS) is 19.0. The lowest BCUT2D eigenvalue weighted by atomic mass is 10.2. The molecule has 1 saturated heterocycles. The van der Waals surface area contributed by atoms with Gasteiger partial charge in [-0.2, -0.15) is 0 Å². The van der Waals surface area contributed by atoms with Crippen molar-refractivity contribution in [2.75, 3.05) is 24.5 Å². The van der Waals surface area contributed by atoms with Gasteiger partial charge in [0.2, 0.25) is 5.91 Å². The molecule has 0 aromatic heterocycles. The molecule has 106 valence electrons. The summed E-state index contributed by atoms with van der Waals surface area (Å²) in [4.78, 5) is 24.1. The molecule has 0 spiro atoms. The summed E-state index contributed by atoms with van der Waals surface area (Å²) in [7, 11) is 0. The summed E-state index contributed by atoms with van der Waals surface area (Å²) in [5, 5.41) is 14.1. The van der Waals surface area contributed by atoms with E-state index in [1.54, 1.807) is 17.0 Å². The Morgan fingerprint density at radius 1 is 1.40 bits per heavy atom. The first-order valence-corrected chi connectivity index (χ1v) is 6.61. The fraction of sp³-hybridized carbons (Fsp3) is 0.462. The van der Waals surface area contributed by atoms with Crippen LogP contribution in [-0.4, -0.2) is 36.6 Å². The van der Waals surface area contributed by atoms with Gasteiger partial charge in [0.25, 0.3) is 0 Å². The Labute approximate surface area is 115 Å². The van der Waals surface area contributed by atoms with E-state index < -0.39 is 4.92 Å². The summed E-state index contributed by atoms with van der Waals surface area (Å²) in [6, 6.07) is 4.70. The zero-order valence-corrected chi connectivity index (χ0v) is 10.9. The number of amides is 1. The minimum atomic E-state index is -0.464. The molecule has 1 aliphatic heterocycles. The van der Waals surface area contributed by atoms with Crippen molar-refractivity contribution >= 4 is 17.3 Å². The summed E-state index contributed by atoms with van der Waals surface area (Å²) in [6.45, 7) is 1.45. The topological polar surface area (TPSA) is 84.7 Å². The number of carbonyl (C=O) groups excluding carboxylic acids is 1. The first-order valence-electron chi connectivity index (χ1n) is 6.61. The summed E-state index contributed by atoms with van der Waals surface area (Å²) >= 11 is 0. The number of carbonyl (C=O) groups is 1. The summed E-state index contributed by atoms with van der Waals surface area (Å²) in [5.41, 5.74) is 0.465. The van der Waals surface area contributed by atoms with Gasteiger partial charge >= 0.3 is 5.69 Å². The number of nitro benzene ring substituents is 1. The predicted molar refractivity (Wildman–Crippen MR) is 72.0 cm³/mol. The number of piperazine rings is 1. The molecule has 20 heavy (non-hydrogen) atoms. The molecule has 1 saturated carbocycles. The number of nitrogens with one attached hydrogen (secondary N) is 1. The number of benzene rings is 1. The number of hydrogen-bond donors (Lipinski definition) is 1. The Morgan fingerprint density at radius 2 is 2.20 bits per heavy atom. The van der Waals surface area contributed by atoms with E-state index in [4.69, 9.17) is 4.74 Å². The quantitative estimate of drug-likeness (QED) is 0.657. The molecule has 3 rings (SSSR count). The fourth-order valence-electron chi connectivity index (χ4n) is 2.16. The first-order chi connectivity index (χ1) is 9.65. The lowest BCUT2D eigenvalue weighted by Crippen LogP contribution is -2.48. The Balaban J connectivity index is 1.89. The number of hydrogen-bond acceptors (Lipinski definition) is 5. The smallest absolute Gasteiger partial charge is 0.313 e. The van der Waals surface area contributed by atoms with Crippen molar-refractivity contribution < 1.29 is 14.5 Å². The van der Waals surface area contributed by atoms with E-state index in [2.05, 4.69) is 5.32 Å². The van der Waals surface area contributed by atoms with E-state index in [9.17, 15) is 14.9 Å². The minimum Gasteiger partial charge on any atom is -0.483 e. The zero-order valence-electron chi connectivity index (χ0n) is 10.9. The van der Waals surface area contributed by atoms with E-state index in [1.165, 1.54) is 6.07 Å². The first kappa shape index (κ1) is 12.9. The van der Waals surface area contributed by atoms with Crippen molar-refractivity contribution in [3.63, 3.8) is 0 Å². The van der Waals surface area contributed by atoms with Crippen LogP contribution in [0.15, 0.2) is 18.2 Å². The third-order valence-corrected chi connectivity index (χ3v) is 3.36. The number of ether oxygens (including phenoxy) is 1. The van der Waals surface area contributed by atoms with Crippen LogP contribution in [0.1, 0.15) is 12.8 Å². The highest BCUT2D eigenvalue weighted by molar-refractivity contribution is 5.96. The molecule has 7 nitrogen and oxygen atoms in total. The molecule has 1 N–H and O–H groups in total. The lowest BCUT2D eigenvalue weighted by Gasteiger charge is -2.27. The maximum absolute atomic E-state index is 11.8. The Bertz CT molecular complexity index is 557. The van der Waals surface area contributed by atoms with Crippen molar-refractivity contribution in [3.05, 3.63) is 28.3 Å². The molecule has 0 unspecified atom stereocenters. The van der Waals surface area contributed by atoms with Crippen molar-refractivity contribution in [2.24, 2.45) is 0 Å². The lowest BCUT2D eigenvalue weighted by molar-refractivity contribution is -0.385. The van der Waals surface area contributed by atoms with E-state index in [-0.39, 0.29) is 30.0 Å². The van der Waals surface area contributed by atoms with Crippen LogP contribution >= 0.6 is 0 Å². The van der Waals surface area contributed by atoms with Gasteiger partial charge in [-0.25, -0.2) is 0 Å². The molecule has 2 fully saturated rings. The molecule has 2 aliphatic rings. The van der Waals surface area contributed by atoms with E-state index >= 15 is 0 Å². The molecule has 0 atom stereocenters. The minimum absolute atomic E-state index is 0.0820. The van der Waals surface area contributed by atoms with Crippen LogP contribution in [0.4, 0.5) is 11.4 Å². The van der Waals surface area contributed by atoms with E-state index in [0.717, 1.165) is 12.8 Å². The molecule has 1 aromatic carbocycles. The van der Waals surface area contributed by atoms with Crippen LogP contribution in [0, 0.1) is 10.1 Å². The van der Waals surface area contributed by atoms with Crippen molar-refractivity contribution in [1.29, 1.82) is 0 Å². The van der Waals surface area contributed by atoms with E-state index in [1.807, 2.05) is 0 Å². The maximum atomic E-state index is 11.8. The van der Waals surface area contributed by atoms with Crippen LogP contribution in [0.5, 0.6) is 5.75 Å². The van der Waals surface area contributed by atoms with Crippen LogP contribution in [0.3, 0.4) is 0 Å². The van der Waals surface area contributed by atoms with Crippen molar-refractivity contribution in [2.45, 2.75) is 18.9 Å². The average molecular weight is 277 g/mol. The van der Waals surface area contributed by atoms with Crippen LogP contribution < -0.4 is 15.0 Å². The monoisotopic (exact) mass is 277 g/mol. The maximum Gasteiger partial charge on any atom is 0.313 e. The van der Waals surface area contributed by atoms with Gasteiger partial charge in [-0.3, -0.25) is 14.9 Å². The number of nitro groups is 1. The second-order valence-electron chi connectivity index (χ2n) is 4.95. The van der Waals surface area contributed by atoms with Crippen LogP contribution in [-0.2, 0) is 4.79 Å². The molecule has 1 aliphatic carbocycles. The molecule has 1 amide bonds. The summed E-state index contributed by atoms with van der Waals surface area (Å²) in [5.74, 6) is 0.199. The summed E-state index contributed by atoms with van der Waals surface area (Å²) < 4.78 is 5.53. The van der Waals surface area contributed by atoms with Crippen molar-refractivity contribution in [3.8, 4) is 5.75 Å². The van der Waals surface area contributed by atoms with Gasteiger partial charge in [0.15, 0.2) is 5.75 Å². The highest BCUT2D eigenvalue weighted by Gasteiger charge is 2.28. The molecule has 0 bridgehead atoms. The molecular weight excluding hydrogens is 262 g/mol. The SMILES string of the molecule is O=C1CNCCN1c1ccc(OC2CC2)c([N+](=O)[O-])c1.